The van der Waals surface area contributed by atoms with E-state index in [1.54, 1.807) is 17.2 Å². The lowest BCUT2D eigenvalue weighted by molar-refractivity contribution is 0.491. The molecule has 0 radical (unpaired) electrons. The van der Waals surface area contributed by atoms with Crippen LogP contribution in [0, 0.1) is 11.8 Å². The first-order valence-corrected chi connectivity index (χ1v) is 11.0. The van der Waals surface area contributed by atoms with Gasteiger partial charge in [0, 0.05) is 30.6 Å². The third-order valence-corrected chi connectivity index (χ3v) is 6.38. The van der Waals surface area contributed by atoms with E-state index in [4.69, 9.17) is 0 Å². The summed E-state index contributed by atoms with van der Waals surface area (Å²) in [5.74, 6) is 1.38. The van der Waals surface area contributed by atoms with Gasteiger partial charge in [0.15, 0.2) is 0 Å². The molecule has 1 aliphatic heterocycles. The Morgan fingerprint density at radius 2 is 2.21 bits per heavy atom. The molecule has 0 aromatic carbocycles. The van der Waals surface area contributed by atoms with E-state index >= 15 is 0 Å². The average molecular weight is 377 g/mol. The summed E-state index contributed by atoms with van der Waals surface area (Å²) in [7, 11) is 0. The summed E-state index contributed by atoms with van der Waals surface area (Å²) in [4.78, 5) is 0. The fourth-order valence-electron chi connectivity index (χ4n) is 4.48. The Morgan fingerprint density at radius 3 is 3.04 bits per heavy atom. The molecule has 2 N–H and O–H groups in total. The smallest absolute Gasteiger partial charge is 0.0261 e. The molecular formula is C26H36N2. The molecule has 28 heavy (non-hydrogen) atoms. The Morgan fingerprint density at radius 1 is 1.32 bits per heavy atom. The molecule has 2 atom stereocenters. The van der Waals surface area contributed by atoms with Crippen LogP contribution in [0.5, 0.6) is 0 Å². The van der Waals surface area contributed by atoms with E-state index in [0.29, 0.717) is 11.8 Å². The molecule has 0 saturated heterocycles. The van der Waals surface area contributed by atoms with Crippen LogP contribution >= 0.6 is 0 Å². The first-order valence-electron chi connectivity index (χ1n) is 11.0. The maximum absolute atomic E-state index is 3.96. The lowest BCUT2D eigenvalue weighted by Crippen LogP contribution is -2.20. The molecule has 0 bridgehead atoms. The Bertz CT molecular complexity index is 730. The van der Waals surface area contributed by atoms with Gasteiger partial charge < -0.3 is 10.6 Å². The summed E-state index contributed by atoms with van der Waals surface area (Å²) >= 11 is 0. The van der Waals surface area contributed by atoms with Crippen LogP contribution in [0.15, 0.2) is 83.9 Å². The monoisotopic (exact) mass is 376 g/mol. The zero-order valence-corrected chi connectivity index (χ0v) is 17.5. The molecule has 1 saturated carbocycles. The maximum atomic E-state index is 3.96. The first-order chi connectivity index (χ1) is 13.7. The van der Waals surface area contributed by atoms with Crippen molar-refractivity contribution >= 4 is 0 Å². The summed E-state index contributed by atoms with van der Waals surface area (Å²) in [6.07, 6.45) is 25.3. The summed E-state index contributed by atoms with van der Waals surface area (Å²) in [6.45, 7) is 11.0. The van der Waals surface area contributed by atoms with Gasteiger partial charge in [-0.1, -0.05) is 56.4 Å². The molecule has 0 amide bonds. The van der Waals surface area contributed by atoms with Crippen LogP contribution in [0.25, 0.3) is 0 Å². The molecule has 150 valence electrons. The predicted molar refractivity (Wildman–Crippen MR) is 122 cm³/mol. The molecule has 1 fully saturated rings. The van der Waals surface area contributed by atoms with Gasteiger partial charge in [-0.2, -0.15) is 0 Å². The quantitative estimate of drug-likeness (QED) is 0.289. The van der Waals surface area contributed by atoms with E-state index in [1.807, 2.05) is 6.20 Å². The van der Waals surface area contributed by atoms with Gasteiger partial charge in [-0.3, -0.25) is 0 Å². The molecule has 3 aliphatic rings. The minimum atomic E-state index is 0.670. The topological polar surface area (TPSA) is 24.1 Å². The lowest BCUT2D eigenvalue weighted by atomic mass is 9.87. The van der Waals surface area contributed by atoms with Gasteiger partial charge in [-0.15, -0.1) is 0 Å². The molecule has 3 rings (SSSR count). The molecule has 2 heteroatoms. The maximum Gasteiger partial charge on any atom is 0.0261 e. The predicted octanol–water partition coefficient (Wildman–Crippen LogP) is 6.46. The van der Waals surface area contributed by atoms with Gasteiger partial charge in [0.2, 0.25) is 0 Å². The van der Waals surface area contributed by atoms with Crippen LogP contribution in [0.1, 0.15) is 58.3 Å². The normalized spacial score (nSPS) is 24.1. The second kappa shape index (κ2) is 10.4. The van der Waals surface area contributed by atoms with Crippen LogP contribution in [-0.4, -0.2) is 6.54 Å². The molecule has 2 aliphatic carbocycles. The van der Waals surface area contributed by atoms with E-state index in [-0.39, 0.29) is 0 Å². The largest absolute Gasteiger partial charge is 0.385 e. The number of allylic oxidation sites excluding steroid dienone is 9. The highest BCUT2D eigenvalue weighted by molar-refractivity contribution is 5.51. The zero-order chi connectivity index (χ0) is 19.8. The van der Waals surface area contributed by atoms with Crippen molar-refractivity contribution in [2.45, 2.75) is 58.3 Å². The van der Waals surface area contributed by atoms with Crippen LogP contribution in [-0.2, 0) is 0 Å². The molecule has 2 unspecified atom stereocenters. The Kier molecular flexibility index (Phi) is 7.59. The highest BCUT2D eigenvalue weighted by Crippen LogP contribution is 2.39. The lowest BCUT2D eigenvalue weighted by Gasteiger charge is -2.18. The van der Waals surface area contributed by atoms with E-state index in [9.17, 15) is 0 Å². The number of rotatable bonds is 8. The summed E-state index contributed by atoms with van der Waals surface area (Å²) < 4.78 is 0. The van der Waals surface area contributed by atoms with Gasteiger partial charge in [0.05, 0.1) is 0 Å². The Labute approximate surface area is 171 Å². The van der Waals surface area contributed by atoms with Gasteiger partial charge >= 0.3 is 0 Å². The van der Waals surface area contributed by atoms with Gasteiger partial charge in [0.25, 0.3) is 0 Å². The minimum absolute atomic E-state index is 0.670. The van der Waals surface area contributed by atoms with Crippen molar-refractivity contribution in [2.24, 2.45) is 11.8 Å². The van der Waals surface area contributed by atoms with Crippen LogP contribution in [0.2, 0.25) is 0 Å². The van der Waals surface area contributed by atoms with Crippen LogP contribution < -0.4 is 10.6 Å². The standard InChI is InChI=1S/C26H36N2/c1-4-20(3)28-19-21(5-2)12-13-22-9-8-10-23(15-14-22)24-16-17-26-25(24)11-6-7-18-27-26/h4,6-7,11,13,16,18,21,23,27-28H,1,3,5,8-10,12,14-15,17,19H2,2H3/b22-13-. The van der Waals surface area contributed by atoms with Crippen molar-refractivity contribution in [3.8, 4) is 0 Å². The fourth-order valence-corrected chi connectivity index (χ4v) is 4.48. The first kappa shape index (κ1) is 20.5. The number of nitrogens with one attached hydrogen (secondary N) is 2. The Balaban J connectivity index is 1.55. The number of hydrogen-bond donors (Lipinski definition) is 2. The summed E-state index contributed by atoms with van der Waals surface area (Å²) in [5, 5.41) is 6.84. The van der Waals surface area contributed by atoms with Crippen LogP contribution in [0.3, 0.4) is 0 Å². The fraction of sp³-hybridized carbons (Fsp3) is 0.462. The molecule has 1 heterocycles. The van der Waals surface area contributed by atoms with Crippen LogP contribution in [0.4, 0.5) is 0 Å². The van der Waals surface area contributed by atoms with Crippen molar-refractivity contribution in [2.75, 3.05) is 6.54 Å². The van der Waals surface area contributed by atoms with Crippen molar-refractivity contribution < 1.29 is 0 Å². The third kappa shape index (κ3) is 5.41. The molecule has 0 spiro atoms. The third-order valence-electron chi connectivity index (χ3n) is 6.38. The minimum Gasteiger partial charge on any atom is -0.385 e. The second-order valence-corrected chi connectivity index (χ2v) is 8.23. The molecule has 2 nitrogen and oxygen atoms in total. The highest BCUT2D eigenvalue weighted by Gasteiger charge is 2.25. The van der Waals surface area contributed by atoms with Gasteiger partial charge in [-0.25, -0.2) is 0 Å². The zero-order valence-electron chi connectivity index (χ0n) is 17.5. The van der Waals surface area contributed by atoms with Crippen molar-refractivity contribution in [3.63, 3.8) is 0 Å². The van der Waals surface area contributed by atoms with E-state index in [2.05, 4.69) is 61.1 Å². The molecule has 0 aromatic heterocycles. The Hall–Kier alpha value is -2.22. The second-order valence-electron chi connectivity index (χ2n) is 8.23. The summed E-state index contributed by atoms with van der Waals surface area (Å²) in [6, 6.07) is 0. The van der Waals surface area contributed by atoms with Gasteiger partial charge in [-0.05, 0) is 73.7 Å². The molecular weight excluding hydrogens is 340 g/mol. The number of hydrogen-bond acceptors (Lipinski definition) is 2. The highest BCUT2D eigenvalue weighted by atomic mass is 14.9. The average Bonchev–Trinajstić information content (AvgIpc) is 2.89. The van der Waals surface area contributed by atoms with E-state index < -0.39 is 0 Å². The van der Waals surface area contributed by atoms with Crippen molar-refractivity contribution in [3.05, 3.63) is 83.9 Å². The summed E-state index contributed by atoms with van der Waals surface area (Å²) in [5.41, 5.74) is 7.01. The van der Waals surface area contributed by atoms with E-state index in [0.717, 1.165) is 18.7 Å². The SMILES string of the molecule is C=CC(=C)NCC(CC)C/C=C1/CCCC(C2=CCC3=C2C=CC=CN3)CC1. The van der Waals surface area contributed by atoms with E-state index in [1.165, 1.54) is 56.2 Å². The van der Waals surface area contributed by atoms with Crippen molar-refractivity contribution in [1.29, 1.82) is 0 Å². The van der Waals surface area contributed by atoms with Gasteiger partial charge in [0.1, 0.15) is 0 Å². The van der Waals surface area contributed by atoms with Crippen molar-refractivity contribution in [1.82, 2.24) is 10.6 Å². The molecule has 0 aromatic rings.